The topological polar surface area (TPSA) is 68.2 Å². The molecule has 2 amide bonds. The van der Waals surface area contributed by atoms with Crippen LogP contribution in [-0.2, 0) is 9.59 Å². The second kappa shape index (κ2) is 4.44. The van der Waals surface area contributed by atoms with Gasteiger partial charge in [-0.15, -0.1) is 0 Å². The van der Waals surface area contributed by atoms with Crippen LogP contribution in [0, 0.1) is 23.7 Å². The molecule has 2 heterocycles. The molecule has 0 unspecified atom stereocenters. The number of amides is 2. The van der Waals surface area contributed by atoms with Crippen molar-refractivity contribution in [3.63, 3.8) is 0 Å². The predicted octanol–water partition coefficient (Wildman–Crippen LogP) is 1.56. The molecule has 116 valence electrons. The molecule has 1 aromatic rings. The number of carbonyl (C=O) groups excluding carboxylic acids is 2. The summed E-state index contributed by atoms with van der Waals surface area (Å²) in [6.07, 6.45) is 6.59. The maximum absolute atomic E-state index is 12.5. The largest absolute Gasteiger partial charge is 0.454 e. The molecule has 1 saturated heterocycles. The van der Waals surface area contributed by atoms with Crippen molar-refractivity contribution in [1.29, 1.82) is 0 Å². The van der Waals surface area contributed by atoms with E-state index in [-0.39, 0.29) is 42.3 Å². The molecule has 6 nitrogen and oxygen atoms in total. The summed E-state index contributed by atoms with van der Waals surface area (Å²) in [5, 5.41) is 5.19. The fourth-order valence-corrected chi connectivity index (χ4v) is 4.12. The van der Waals surface area contributed by atoms with E-state index in [1.54, 1.807) is 12.1 Å². The molecule has 2 aliphatic heterocycles. The number of benzene rings is 1. The molecule has 2 bridgehead atoms. The number of fused-ring (bicyclic) bond motifs is 6. The van der Waals surface area contributed by atoms with Gasteiger partial charge in [-0.2, -0.15) is 10.1 Å². The lowest BCUT2D eigenvalue weighted by Gasteiger charge is -2.13. The first-order chi connectivity index (χ1) is 11.2. The number of hydrogen-bond acceptors (Lipinski definition) is 5. The third kappa shape index (κ3) is 1.72. The van der Waals surface area contributed by atoms with Crippen LogP contribution in [0.3, 0.4) is 0 Å². The maximum Gasteiger partial charge on any atom is 0.254 e. The summed E-state index contributed by atoms with van der Waals surface area (Å²) in [4.78, 5) is 25.0. The van der Waals surface area contributed by atoms with Crippen molar-refractivity contribution < 1.29 is 19.1 Å². The van der Waals surface area contributed by atoms with Gasteiger partial charge in [0.25, 0.3) is 11.8 Å². The van der Waals surface area contributed by atoms with Crippen LogP contribution in [0.5, 0.6) is 11.5 Å². The van der Waals surface area contributed by atoms with Gasteiger partial charge in [-0.3, -0.25) is 9.59 Å². The van der Waals surface area contributed by atoms with E-state index in [0.717, 1.165) is 17.0 Å². The molecule has 23 heavy (non-hydrogen) atoms. The molecule has 0 aromatic heterocycles. The normalized spacial score (nSPS) is 33.3. The van der Waals surface area contributed by atoms with E-state index in [1.807, 2.05) is 6.07 Å². The Morgan fingerprint density at radius 3 is 2.48 bits per heavy atom. The first-order valence-electron chi connectivity index (χ1n) is 7.72. The van der Waals surface area contributed by atoms with Crippen LogP contribution >= 0.6 is 0 Å². The van der Waals surface area contributed by atoms with Crippen LogP contribution < -0.4 is 9.47 Å². The van der Waals surface area contributed by atoms with Crippen LogP contribution in [0.2, 0.25) is 0 Å². The van der Waals surface area contributed by atoms with E-state index in [1.165, 1.54) is 6.21 Å². The zero-order valence-electron chi connectivity index (χ0n) is 12.2. The van der Waals surface area contributed by atoms with E-state index >= 15 is 0 Å². The van der Waals surface area contributed by atoms with E-state index in [2.05, 4.69) is 17.3 Å². The van der Waals surface area contributed by atoms with Crippen molar-refractivity contribution in [2.45, 2.75) is 6.42 Å². The molecule has 4 aliphatic rings. The smallest absolute Gasteiger partial charge is 0.254 e. The first-order valence-corrected chi connectivity index (χ1v) is 7.72. The molecule has 5 rings (SSSR count). The summed E-state index contributed by atoms with van der Waals surface area (Å²) in [6.45, 7) is 0.207. The molecule has 1 aromatic carbocycles. The predicted molar refractivity (Wildman–Crippen MR) is 79.7 cm³/mol. The highest BCUT2D eigenvalue weighted by Gasteiger charge is 2.59. The molecule has 2 fully saturated rings. The quantitative estimate of drug-likeness (QED) is 0.472. The van der Waals surface area contributed by atoms with Crippen LogP contribution in [0.25, 0.3) is 0 Å². The minimum absolute atomic E-state index is 0.172. The number of ether oxygens (including phenoxy) is 2. The van der Waals surface area contributed by atoms with Gasteiger partial charge >= 0.3 is 0 Å². The number of nitrogens with zero attached hydrogens (tertiary/aromatic N) is 2. The number of allylic oxidation sites excluding steroid dienone is 2. The van der Waals surface area contributed by atoms with Crippen LogP contribution in [-0.4, -0.2) is 29.8 Å². The van der Waals surface area contributed by atoms with E-state index in [4.69, 9.17) is 9.47 Å². The van der Waals surface area contributed by atoms with Crippen LogP contribution in [0.15, 0.2) is 35.5 Å². The third-order valence-electron chi connectivity index (χ3n) is 5.17. The lowest BCUT2D eigenvalue weighted by Crippen LogP contribution is -2.28. The highest BCUT2D eigenvalue weighted by atomic mass is 16.7. The lowest BCUT2D eigenvalue weighted by molar-refractivity contribution is -0.140. The van der Waals surface area contributed by atoms with Gasteiger partial charge in [-0.1, -0.05) is 12.2 Å². The lowest BCUT2D eigenvalue weighted by atomic mass is 9.85. The Morgan fingerprint density at radius 1 is 1.04 bits per heavy atom. The van der Waals surface area contributed by atoms with Gasteiger partial charge in [0.2, 0.25) is 6.79 Å². The minimum atomic E-state index is -0.216. The van der Waals surface area contributed by atoms with E-state index in [0.29, 0.717) is 11.5 Å². The molecule has 6 heteroatoms. The van der Waals surface area contributed by atoms with Crippen LogP contribution in [0.1, 0.15) is 12.0 Å². The Balaban J connectivity index is 1.41. The Bertz CT molecular complexity index is 755. The molecule has 2 aliphatic carbocycles. The Labute approximate surface area is 132 Å². The van der Waals surface area contributed by atoms with Gasteiger partial charge in [-0.25, -0.2) is 0 Å². The van der Waals surface area contributed by atoms with Gasteiger partial charge in [-0.05, 0) is 42.0 Å². The molecule has 1 saturated carbocycles. The van der Waals surface area contributed by atoms with Gasteiger partial charge in [0.05, 0.1) is 18.1 Å². The van der Waals surface area contributed by atoms with Gasteiger partial charge < -0.3 is 9.47 Å². The second-order valence-corrected chi connectivity index (χ2v) is 6.35. The summed E-state index contributed by atoms with van der Waals surface area (Å²) in [5.74, 6) is 0.958. The number of carbonyl (C=O) groups is 2. The zero-order chi connectivity index (χ0) is 15.6. The summed E-state index contributed by atoms with van der Waals surface area (Å²) in [5.41, 5.74) is 0.757. The highest BCUT2D eigenvalue weighted by molar-refractivity contribution is 6.06. The van der Waals surface area contributed by atoms with Gasteiger partial charge in [0, 0.05) is 0 Å². The zero-order valence-corrected chi connectivity index (χ0v) is 12.2. The van der Waals surface area contributed by atoms with Crippen molar-refractivity contribution in [3.8, 4) is 11.5 Å². The fourth-order valence-electron chi connectivity index (χ4n) is 4.12. The fraction of sp³-hybridized carbons (Fsp3) is 0.353. The van der Waals surface area contributed by atoms with Crippen molar-refractivity contribution in [2.24, 2.45) is 28.8 Å². The van der Waals surface area contributed by atoms with Crippen molar-refractivity contribution >= 4 is 18.0 Å². The Hall–Kier alpha value is -2.63. The van der Waals surface area contributed by atoms with Gasteiger partial charge in [0.1, 0.15) is 0 Å². The summed E-state index contributed by atoms with van der Waals surface area (Å²) in [6, 6.07) is 5.38. The summed E-state index contributed by atoms with van der Waals surface area (Å²) < 4.78 is 10.6. The van der Waals surface area contributed by atoms with Crippen LogP contribution in [0.4, 0.5) is 0 Å². The average molecular weight is 310 g/mol. The van der Waals surface area contributed by atoms with E-state index < -0.39 is 0 Å². The first kappa shape index (κ1) is 12.9. The molecular formula is C17H14N2O4. The summed E-state index contributed by atoms with van der Waals surface area (Å²) in [7, 11) is 0. The standard InChI is InChI=1S/C17H14N2O4/c20-16-14-10-2-3-11(6-10)15(14)17(21)19(16)18-7-9-1-4-12-13(5-9)23-8-22-12/h1-5,7,10-11,14-15H,6,8H2/b18-7-/t10-,11+,14-,15-/m0/s1. The van der Waals surface area contributed by atoms with Crippen molar-refractivity contribution in [3.05, 3.63) is 35.9 Å². The van der Waals surface area contributed by atoms with Gasteiger partial charge in [0.15, 0.2) is 11.5 Å². The molecular weight excluding hydrogens is 296 g/mol. The Kier molecular flexibility index (Phi) is 2.48. The Morgan fingerprint density at radius 2 is 1.74 bits per heavy atom. The molecule has 0 radical (unpaired) electrons. The van der Waals surface area contributed by atoms with E-state index in [9.17, 15) is 9.59 Å². The molecule has 0 N–H and O–H groups in total. The van der Waals surface area contributed by atoms with Crippen molar-refractivity contribution in [2.75, 3.05) is 6.79 Å². The summed E-state index contributed by atoms with van der Waals surface area (Å²) >= 11 is 0. The number of hydrazone groups is 1. The van der Waals surface area contributed by atoms with Crippen molar-refractivity contribution in [1.82, 2.24) is 5.01 Å². The monoisotopic (exact) mass is 310 g/mol. The minimum Gasteiger partial charge on any atom is -0.454 e. The SMILES string of the molecule is O=C1[C@@H]2[C@@H](C(=O)N1/N=C\c1ccc3c(c1)OCO3)[C@H]1C=C[C@@H]2C1. The average Bonchev–Trinajstić information content (AvgIpc) is 3.30. The third-order valence-corrected chi connectivity index (χ3v) is 5.17. The molecule has 0 spiro atoms. The number of rotatable bonds is 2. The maximum atomic E-state index is 12.5. The second-order valence-electron chi connectivity index (χ2n) is 6.35. The number of imide groups is 1. The molecule has 4 atom stereocenters. The number of hydrogen-bond donors (Lipinski definition) is 0. The highest BCUT2D eigenvalue weighted by Crippen LogP contribution is 2.52.